The number of carbonyl (C=O) groups excluding carboxylic acids is 2. The van der Waals surface area contributed by atoms with Gasteiger partial charge in [-0.25, -0.2) is 17.5 Å². The van der Waals surface area contributed by atoms with Gasteiger partial charge >= 0.3 is 6.03 Å². The summed E-state index contributed by atoms with van der Waals surface area (Å²) < 4.78 is 26.9. The van der Waals surface area contributed by atoms with Crippen LogP contribution in [-0.4, -0.2) is 60.5 Å². The Balaban J connectivity index is 1.61. The Labute approximate surface area is 131 Å². The highest BCUT2D eigenvalue weighted by Gasteiger charge is 2.40. The summed E-state index contributed by atoms with van der Waals surface area (Å²) in [6, 6.07) is -0.522. The van der Waals surface area contributed by atoms with E-state index in [1.54, 1.807) is 4.31 Å². The summed E-state index contributed by atoms with van der Waals surface area (Å²) in [5.74, 6) is -0.210. The fraction of sp³-hybridized carbons (Fsp3) is 0.857. The van der Waals surface area contributed by atoms with Gasteiger partial charge in [-0.05, 0) is 25.7 Å². The fourth-order valence-corrected chi connectivity index (χ4v) is 5.80. The Bertz CT molecular complexity index is 532. The van der Waals surface area contributed by atoms with Gasteiger partial charge in [-0.15, -0.1) is 0 Å². The summed E-state index contributed by atoms with van der Waals surface area (Å²) in [5, 5.41) is 2.27. The molecule has 7 nitrogen and oxygen atoms in total. The number of piperidine rings is 1. The number of rotatable bonds is 3. The van der Waals surface area contributed by atoms with E-state index in [4.69, 9.17) is 0 Å². The fourth-order valence-electron chi connectivity index (χ4n) is 3.73. The highest BCUT2D eigenvalue weighted by molar-refractivity contribution is 7.89. The van der Waals surface area contributed by atoms with Gasteiger partial charge in [0, 0.05) is 19.1 Å². The first-order valence-corrected chi connectivity index (χ1v) is 9.59. The second-order valence-corrected chi connectivity index (χ2v) is 8.57. The predicted octanol–water partition coefficient (Wildman–Crippen LogP) is 0.665. The average Bonchev–Trinajstić information content (AvgIpc) is 2.87. The summed E-state index contributed by atoms with van der Waals surface area (Å²) in [4.78, 5) is 24.7. The minimum Gasteiger partial charge on any atom is -0.329 e. The van der Waals surface area contributed by atoms with Gasteiger partial charge in [-0.3, -0.25) is 9.69 Å². The van der Waals surface area contributed by atoms with E-state index in [-0.39, 0.29) is 29.8 Å². The lowest BCUT2D eigenvalue weighted by molar-refractivity contribution is -0.127. The molecule has 124 valence electrons. The molecule has 2 aliphatic heterocycles. The maximum Gasteiger partial charge on any atom is 0.324 e. The lowest BCUT2D eigenvalue weighted by Gasteiger charge is -2.36. The van der Waals surface area contributed by atoms with E-state index in [0.29, 0.717) is 25.9 Å². The van der Waals surface area contributed by atoms with Gasteiger partial charge in [0.15, 0.2) is 0 Å². The molecule has 1 saturated carbocycles. The topological polar surface area (TPSA) is 86.8 Å². The van der Waals surface area contributed by atoms with Gasteiger partial charge in [0.1, 0.15) is 0 Å². The van der Waals surface area contributed by atoms with Crippen molar-refractivity contribution in [2.75, 3.05) is 19.6 Å². The molecule has 0 spiro atoms. The first-order chi connectivity index (χ1) is 10.5. The number of hydrogen-bond acceptors (Lipinski definition) is 4. The van der Waals surface area contributed by atoms with Gasteiger partial charge in [0.05, 0.1) is 11.8 Å². The van der Waals surface area contributed by atoms with Crippen LogP contribution in [0, 0.1) is 0 Å². The van der Waals surface area contributed by atoms with Crippen LogP contribution in [0.3, 0.4) is 0 Å². The second kappa shape index (κ2) is 6.16. The van der Waals surface area contributed by atoms with Crippen LogP contribution in [0.5, 0.6) is 0 Å². The Morgan fingerprint density at radius 1 is 0.955 bits per heavy atom. The van der Waals surface area contributed by atoms with E-state index in [2.05, 4.69) is 5.32 Å². The van der Waals surface area contributed by atoms with Crippen LogP contribution in [0.4, 0.5) is 4.79 Å². The molecule has 1 N–H and O–H groups in total. The third kappa shape index (κ3) is 2.86. The van der Waals surface area contributed by atoms with Crippen molar-refractivity contribution in [2.45, 2.75) is 56.2 Å². The SMILES string of the molecule is O=C1CNC(=O)N1C1CCN(S(=O)(=O)C2CCCCC2)CC1. The number of carbonyl (C=O) groups is 2. The van der Waals surface area contributed by atoms with E-state index in [1.165, 1.54) is 4.90 Å². The Hall–Kier alpha value is -1.15. The zero-order valence-electron chi connectivity index (χ0n) is 12.7. The van der Waals surface area contributed by atoms with Crippen LogP contribution in [0.2, 0.25) is 0 Å². The Kier molecular flexibility index (Phi) is 4.40. The molecule has 0 aromatic carbocycles. The number of hydrogen-bond donors (Lipinski definition) is 1. The minimum absolute atomic E-state index is 0.0550. The van der Waals surface area contributed by atoms with Crippen LogP contribution in [0.25, 0.3) is 0 Å². The summed E-state index contributed by atoms with van der Waals surface area (Å²) in [6.07, 6.45) is 5.69. The molecule has 2 saturated heterocycles. The van der Waals surface area contributed by atoms with E-state index >= 15 is 0 Å². The number of nitrogens with one attached hydrogen (secondary N) is 1. The predicted molar refractivity (Wildman–Crippen MR) is 80.6 cm³/mol. The van der Waals surface area contributed by atoms with Gasteiger partial charge in [-0.1, -0.05) is 19.3 Å². The second-order valence-electron chi connectivity index (χ2n) is 6.36. The van der Waals surface area contributed by atoms with Gasteiger partial charge < -0.3 is 5.32 Å². The molecule has 0 aromatic rings. The number of amides is 3. The highest BCUT2D eigenvalue weighted by Crippen LogP contribution is 2.29. The van der Waals surface area contributed by atoms with E-state index in [0.717, 1.165) is 32.1 Å². The quantitative estimate of drug-likeness (QED) is 0.771. The molecule has 0 unspecified atom stereocenters. The summed E-state index contributed by atoms with van der Waals surface area (Å²) in [7, 11) is -3.23. The van der Waals surface area contributed by atoms with E-state index in [9.17, 15) is 18.0 Å². The van der Waals surface area contributed by atoms with Crippen molar-refractivity contribution in [2.24, 2.45) is 0 Å². The Morgan fingerprint density at radius 3 is 2.14 bits per heavy atom. The molecule has 0 radical (unpaired) electrons. The van der Waals surface area contributed by atoms with E-state index in [1.807, 2.05) is 0 Å². The lowest BCUT2D eigenvalue weighted by Crippen LogP contribution is -2.50. The first-order valence-electron chi connectivity index (χ1n) is 8.09. The van der Waals surface area contributed by atoms with Crippen molar-refractivity contribution >= 4 is 22.0 Å². The lowest BCUT2D eigenvalue weighted by atomic mass is 10.0. The molecule has 3 fully saturated rings. The number of sulfonamides is 1. The molecule has 8 heteroatoms. The van der Waals surface area contributed by atoms with Crippen molar-refractivity contribution in [1.29, 1.82) is 0 Å². The molecule has 3 aliphatic rings. The average molecular weight is 329 g/mol. The normalized spacial score (nSPS) is 26.5. The number of nitrogens with zero attached hydrogens (tertiary/aromatic N) is 2. The Morgan fingerprint density at radius 2 is 1.59 bits per heavy atom. The summed E-state index contributed by atoms with van der Waals surface area (Å²) in [6.45, 7) is 0.862. The van der Waals surface area contributed by atoms with Crippen molar-refractivity contribution in [1.82, 2.24) is 14.5 Å². The van der Waals surface area contributed by atoms with Gasteiger partial charge in [-0.2, -0.15) is 0 Å². The smallest absolute Gasteiger partial charge is 0.324 e. The van der Waals surface area contributed by atoms with Gasteiger partial charge in [0.2, 0.25) is 15.9 Å². The summed E-state index contributed by atoms with van der Waals surface area (Å²) in [5.41, 5.74) is 0. The molecule has 2 heterocycles. The monoisotopic (exact) mass is 329 g/mol. The number of imide groups is 1. The maximum absolute atomic E-state index is 12.7. The van der Waals surface area contributed by atoms with Crippen LogP contribution in [-0.2, 0) is 14.8 Å². The van der Waals surface area contributed by atoms with E-state index < -0.39 is 10.0 Å². The summed E-state index contributed by atoms with van der Waals surface area (Å²) >= 11 is 0. The van der Waals surface area contributed by atoms with Crippen molar-refractivity contribution < 1.29 is 18.0 Å². The molecule has 1 aliphatic carbocycles. The number of urea groups is 1. The molecule has 22 heavy (non-hydrogen) atoms. The molecular formula is C14H23N3O4S. The van der Waals surface area contributed by atoms with Crippen LogP contribution in [0.15, 0.2) is 0 Å². The van der Waals surface area contributed by atoms with Crippen LogP contribution in [0.1, 0.15) is 44.9 Å². The minimum atomic E-state index is -3.23. The zero-order chi connectivity index (χ0) is 15.7. The molecule has 3 amide bonds. The zero-order valence-corrected chi connectivity index (χ0v) is 13.5. The molecule has 0 bridgehead atoms. The third-order valence-corrected chi connectivity index (χ3v) is 7.40. The third-order valence-electron chi connectivity index (χ3n) is 5.00. The van der Waals surface area contributed by atoms with Crippen molar-refractivity contribution in [3.05, 3.63) is 0 Å². The first kappa shape index (κ1) is 15.7. The molecule has 0 atom stereocenters. The highest BCUT2D eigenvalue weighted by atomic mass is 32.2. The standard InChI is InChI=1S/C14H23N3O4S/c18-13-10-15-14(19)17(13)11-6-8-16(9-7-11)22(20,21)12-4-2-1-3-5-12/h11-12H,1-10H2,(H,15,19). The van der Waals surface area contributed by atoms with Crippen LogP contribution >= 0.6 is 0 Å². The molecule has 3 rings (SSSR count). The van der Waals surface area contributed by atoms with Crippen LogP contribution < -0.4 is 5.32 Å². The van der Waals surface area contributed by atoms with Gasteiger partial charge in [0.25, 0.3) is 0 Å². The molecular weight excluding hydrogens is 306 g/mol. The largest absolute Gasteiger partial charge is 0.329 e. The van der Waals surface area contributed by atoms with Crippen molar-refractivity contribution in [3.63, 3.8) is 0 Å². The molecule has 0 aromatic heterocycles. The maximum atomic E-state index is 12.7. The van der Waals surface area contributed by atoms with Crippen molar-refractivity contribution in [3.8, 4) is 0 Å².